The second kappa shape index (κ2) is 7.99. The molecule has 2 rings (SSSR count). The summed E-state index contributed by atoms with van der Waals surface area (Å²) >= 11 is 6.29. The first-order valence-corrected chi connectivity index (χ1v) is 7.79. The number of hydrogen-bond acceptors (Lipinski definition) is 3. The van der Waals surface area contributed by atoms with E-state index < -0.39 is 0 Å². The zero-order chi connectivity index (χ0) is 14.4. The molecule has 0 aromatic heterocycles. The maximum absolute atomic E-state index is 6.29. The van der Waals surface area contributed by atoms with Gasteiger partial charge in [-0.3, -0.25) is 0 Å². The molecule has 0 amide bonds. The van der Waals surface area contributed by atoms with Crippen LogP contribution < -0.4 is 5.32 Å². The summed E-state index contributed by atoms with van der Waals surface area (Å²) in [5.74, 6) is 0. The molecule has 2 atom stereocenters. The van der Waals surface area contributed by atoms with Crippen molar-refractivity contribution in [1.82, 2.24) is 10.2 Å². The molecule has 1 aromatic rings. The molecular formula is C16H25ClN2O. The Balaban J connectivity index is 1.89. The van der Waals surface area contributed by atoms with Gasteiger partial charge in [0.1, 0.15) is 0 Å². The normalized spacial score (nSPS) is 21.9. The molecule has 0 radical (unpaired) electrons. The number of benzene rings is 1. The van der Waals surface area contributed by atoms with E-state index in [4.69, 9.17) is 16.3 Å². The van der Waals surface area contributed by atoms with Crippen LogP contribution in [0.1, 0.15) is 30.9 Å². The largest absolute Gasteiger partial charge is 0.380 e. The standard InChI is InChI=1S/C16H25ClN2O/c1-18-16(14-7-3-4-8-15(14)17)9-11-19-10-5-6-13(12-19)20-2/h3-4,7-8,13,16,18H,5-6,9-12H2,1-2H3. The van der Waals surface area contributed by atoms with E-state index in [-0.39, 0.29) is 0 Å². The van der Waals surface area contributed by atoms with Crippen LogP contribution in [-0.2, 0) is 4.74 Å². The van der Waals surface area contributed by atoms with E-state index in [9.17, 15) is 0 Å². The minimum Gasteiger partial charge on any atom is -0.380 e. The van der Waals surface area contributed by atoms with Crippen LogP contribution in [0.3, 0.4) is 0 Å². The fraction of sp³-hybridized carbons (Fsp3) is 0.625. The van der Waals surface area contributed by atoms with Gasteiger partial charge in [-0.2, -0.15) is 0 Å². The number of nitrogens with one attached hydrogen (secondary N) is 1. The summed E-state index contributed by atoms with van der Waals surface area (Å²) in [6.45, 7) is 3.31. The Morgan fingerprint density at radius 2 is 2.25 bits per heavy atom. The van der Waals surface area contributed by atoms with Crippen molar-refractivity contribution in [2.24, 2.45) is 0 Å². The summed E-state index contributed by atoms with van der Waals surface area (Å²) < 4.78 is 5.48. The van der Waals surface area contributed by atoms with Crippen molar-refractivity contribution in [1.29, 1.82) is 0 Å². The summed E-state index contributed by atoms with van der Waals surface area (Å²) in [6.07, 6.45) is 3.88. The lowest BCUT2D eigenvalue weighted by Crippen LogP contribution is -2.40. The van der Waals surface area contributed by atoms with Gasteiger partial charge in [-0.25, -0.2) is 0 Å². The fourth-order valence-electron chi connectivity index (χ4n) is 2.93. The zero-order valence-corrected chi connectivity index (χ0v) is 13.2. The third kappa shape index (κ3) is 4.19. The third-order valence-corrected chi connectivity index (χ3v) is 4.50. The highest BCUT2D eigenvalue weighted by Crippen LogP contribution is 2.25. The number of halogens is 1. The Labute approximate surface area is 127 Å². The van der Waals surface area contributed by atoms with Gasteiger partial charge < -0.3 is 15.0 Å². The summed E-state index contributed by atoms with van der Waals surface area (Å²) in [6, 6.07) is 8.41. The lowest BCUT2D eigenvalue weighted by Gasteiger charge is -2.33. The molecule has 0 saturated carbocycles. The molecule has 1 aliphatic heterocycles. The number of likely N-dealkylation sites (tertiary alicyclic amines) is 1. The molecule has 1 fully saturated rings. The van der Waals surface area contributed by atoms with Crippen molar-refractivity contribution in [3.05, 3.63) is 34.9 Å². The summed E-state index contributed by atoms with van der Waals surface area (Å²) in [5.41, 5.74) is 1.19. The van der Waals surface area contributed by atoms with Gasteiger partial charge in [0.25, 0.3) is 0 Å². The summed E-state index contributed by atoms with van der Waals surface area (Å²) in [5, 5.41) is 4.23. The van der Waals surface area contributed by atoms with Crippen LogP contribution in [0.5, 0.6) is 0 Å². The fourth-order valence-corrected chi connectivity index (χ4v) is 3.20. The molecule has 0 bridgehead atoms. The maximum atomic E-state index is 6.29. The van der Waals surface area contributed by atoms with Crippen LogP contribution in [0.2, 0.25) is 5.02 Å². The van der Waals surface area contributed by atoms with Crippen molar-refractivity contribution >= 4 is 11.6 Å². The van der Waals surface area contributed by atoms with E-state index in [0.717, 1.165) is 24.5 Å². The Hall–Kier alpha value is -0.610. The van der Waals surface area contributed by atoms with E-state index in [1.54, 1.807) is 0 Å². The van der Waals surface area contributed by atoms with Crippen molar-refractivity contribution in [3.63, 3.8) is 0 Å². The molecule has 1 saturated heterocycles. The average molecular weight is 297 g/mol. The molecule has 2 unspecified atom stereocenters. The number of hydrogen-bond donors (Lipinski definition) is 1. The highest BCUT2D eigenvalue weighted by molar-refractivity contribution is 6.31. The van der Waals surface area contributed by atoms with Crippen LogP contribution in [0.15, 0.2) is 24.3 Å². The smallest absolute Gasteiger partial charge is 0.0698 e. The first-order valence-electron chi connectivity index (χ1n) is 7.41. The van der Waals surface area contributed by atoms with E-state index in [2.05, 4.69) is 16.3 Å². The molecule has 1 N–H and O–H groups in total. The highest BCUT2D eigenvalue weighted by Gasteiger charge is 2.20. The molecule has 3 nitrogen and oxygen atoms in total. The maximum Gasteiger partial charge on any atom is 0.0698 e. The average Bonchev–Trinajstić information content (AvgIpc) is 2.49. The molecule has 0 aliphatic carbocycles. The van der Waals surface area contributed by atoms with E-state index in [1.165, 1.54) is 24.9 Å². The van der Waals surface area contributed by atoms with Gasteiger partial charge in [-0.15, -0.1) is 0 Å². The Bertz CT molecular complexity index is 413. The van der Waals surface area contributed by atoms with Crippen LogP contribution >= 0.6 is 11.6 Å². The van der Waals surface area contributed by atoms with Gasteiger partial charge in [0.15, 0.2) is 0 Å². The quantitative estimate of drug-likeness (QED) is 0.873. The molecule has 1 aromatic carbocycles. The van der Waals surface area contributed by atoms with Gasteiger partial charge in [0.2, 0.25) is 0 Å². The first kappa shape index (κ1) is 15.8. The molecule has 0 spiro atoms. The molecule has 1 heterocycles. The molecule has 112 valence electrons. The van der Waals surface area contributed by atoms with Gasteiger partial charge in [0, 0.05) is 31.3 Å². The number of rotatable bonds is 6. The lowest BCUT2D eigenvalue weighted by molar-refractivity contribution is 0.0302. The topological polar surface area (TPSA) is 24.5 Å². The van der Waals surface area contributed by atoms with Crippen molar-refractivity contribution < 1.29 is 4.74 Å². The van der Waals surface area contributed by atoms with Crippen molar-refractivity contribution in [2.75, 3.05) is 33.8 Å². The Morgan fingerprint density at radius 3 is 2.95 bits per heavy atom. The third-order valence-electron chi connectivity index (χ3n) is 4.16. The van der Waals surface area contributed by atoms with Gasteiger partial charge in [0.05, 0.1) is 6.10 Å². The zero-order valence-electron chi connectivity index (χ0n) is 12.4. The molecular weight excluding hydrogens is 272 g/mol. The van der Waals surface area contributed by atoms with Gasteiger partial charge in [-0.1, -0.05) is 29.8 Å². The summed E-state index contributed by atoms with van der Waals surface area (Å²) in [4.78, 5) is 2.50. The minimum atomic E-state index is 0.312. The van der Waals surface area contributed by atoms with Crippen molar-refractivity contribution in [2.45, 2.75) is 31.4 Å². The Morgan fingerprint density at radius 1 is 1.45 bits per heavy atom. The second-order valence-corrected chi connectivity index (χ2v) is 5.86. The first-order chi connectivity index (χ1) is 9.74. The molecule has 20 heavy (non-hydrogen) atoms. The lowest BCUT2D eigenvalue weighted by atomic mass is 10.0. The second-order valence-electron chi connectivity index (χ2n) is 5.45. The van der Waals surface area contributed by atoms with E-state index >= 15 is 0 Å². The van der Waals surface area contributed by atoms with Crippen molar-refractivity contribution in [3.8, 4) is 0 Å². The monoisotopic (exact) mass is 296 g/mol. The van der Waals surface area contributed by atoms with Gasteiger partial charge in [-0.05, 0) is 44.5 Å². The van der Waals surface area contributed by atoms with Gasteiger partial charge >= 0.3 is 0 Å². The van der Waals surface area contributed by atoms with Crippen LogP contribution in [0, 0.1) is 0 Å². The molecule has 4 heteroatoms. The van der Waals surface area contributed by atoms with Crippen LogP contribution in [-0.4, -0.2) is 44.8 Å². The highest BCUT2D eigenvalue weighted by atomic mass is 35.5. The van der Waals surface area contributed by atoms with Crippen LogP contribution in [0.25, 0.3) is 0 Å². The number of ether oxygens (including phenoxy) is 1. The summed E-state index contributed by atoms with van der Waals surface area (Å²) in [7, 11) is 3.82. The Kier molecular flexibility index (Phi) is 6.30. The van der Waals surface area contributed by atoms with Crippen LogP contribution in [0.4, 0.5) is 0 Å². The van der Waals surface area contributed by atoms with E-state index in [0.29, 0.717) is 12.1 Å². The SMILES string of the molecule is CNC(CCN1CCCC(OC)C1)c1ccccc1Cl. The number of piperidine rings is 1. The van der Waals surface area contributed by atoms with E-state index in [1.807, 2.05) is 32.4 Å². The predicted octanol–water partition coefficient (Wildman–Crippen LogP) is 3.10. The minimum absolute atomic E-state index is 0.312. The number of nitrogens with zero attached hydrogens (tertiary/aromatic N) is 1. The molecule has 1 aliphatic rings. The predicted molar refractivity (Wildman–Crippen MR) is 84.3 cm³/mol. The number of methoxy groups -OCH3 is 1.